The minimum atomic E-state index is -0.948. The number of fused-ring (bicyclic) bond motifs is 1. The summed E-state index contributed by atoms with van der Waals surface area (Å²) in [5.74, 6) is -1.37. The van der Waals surface area contributed by atoms with E-state index in [4.69, 9.17) is 4.74 Å². The van der Waals surface area contributed by atoms with E-state index in [1.807, 2.05) is 36.4 Å². The maximum atomic E-state index is 13.3. The standard InChI is InChI=1S/C24H23N5O4/c30-21(16-33-22(31)19-15-28(27-26-19)14-17-8-2-1-3-9-17)29-20-11-5-4-10-18(20)25-23(32)24(29)12-6-7-13-24/h1-5,8-11,15H,6-7,12-14,16H2,(H,25,32). The molecule has 2 heterocycles. The summed E-state index contributed by atoms with van der Waals surface area (Å²) in [5.41, 5.74) is 1.28. The second-order valence-corrected chi connectivity index (χ2v) is 8.30. The molecule has 1 aromatic heterocycles. The molecular formula is C24H23N5O4. The normalized spacial score (nSPS) is 16.4. The van der Waals surface area contributed by atoms with E-state index >= 15 is 0 Å². The quantitative estimate of drug-likeness (QED) is 0.606. The summed E-state index contributed by atoms with van der Waals surface area (Å²) >= 11 is 0. The van der Waals surface area contributed by atoms with Crippen LogP contribution in [0.3, 0.4) is 0 Å². The Morgan fingerprint density at radius 1 is 1.03 bits per heavy atom. The molecule has 1 spiro atoms. The lowest BCUT2D eigenvalue weighted by Crippen LogP contribution is -2.61. The van der Waals surface area contributed by atoms with Gasteiger partial charge in [-0.05, 0) is 30.5 Å². The molecule has 1 saturated carbocycles. The third kappa shape index (κ3) is 3.86. The molecule has 0 radical (unpaired) electrons. The average molecular weight is 445 g/mol. The molecule has 1 N–H and O–H groups in total. The zero-order valence-corrected chi connectivity index (χ0v) is 17.9. The molecule has 5 rings (SSSR count). The number of anilines is 2. The summed E-state index contributed by atoms with van der Waals surface area (Å²) in [6, 6.07) is 16.8. The third-order valence-electron chi connectivity index (χ3n) is 6.19. The first kappa shape index (κ1) is 20.9. The topological polar surface area (TPSA) is 106 Å². The minimum Gasteiger partial charge on any atom is -0.451 e. The molecule has 0 saturated heterocycles. The number of hydrogen-bond donors (Lipinski definition) is 1. The van der Waals surface area contributed by atoms with Crippen LogP contribution in [0.5, 0.6) is 0 Å². The Bertz CT molecular complexity index is 1200. The number of amides is 2. The average Bonchev–Trinajstić information content (AvgIpc) is 3.50. The molecule has 33 heavy (non-hydrogen) atoms. The van der Waals surface area contributed by atoms with E-state index in [-0.39, 0.29) is 11.6 Å². The van der Waals surface area contributed by atoms with Crippen molar-refractivity contribution in [3.63, 3.8) is 0 Å². The number of esters is 1. The van der Waals surface area contributed by atoms with Crippen molar-refractivity contribution >= 4 is 29.2 Å². The molecule has 9 heteroatoms. The predicted molar refractivity (Wildman–Crippen MR) is 120 cm³/mol. The van der Waals surface area contributed by atoms with E-state index in [0.29, 0.717) is 30.8 Å². The fraction of sp³-hybridized carbons (Fsp3) is 0.292. The maximum absolute atomic E-state index is 13.3. The number of carbonyl (C=O) groups excluding carboxylic acids is 3. The van der Waals surface area contributed by atoms with Crippen LogP contribution in [0.1, 0.15) is 41.7 Å². The van der Waals surface area contributed by atoms with Crippen molar-refractivity contribution in [2.75, 3.05) is 16.8 Å². The van der Waals surface area contributed by atoms with E-state index < -0.39 is 24.0 Å². The molecule has 3 aromatic rings. The number of carbonyl (C=O) groups is 3. The molecular weight excluding hydrogens is 422 g/mol. The van der Waals surface area contributed by atoms with Crippen molar-refractivity contribution < 1.29 is 19.1 Å². The molecule has 2 aromatic carbocycles. The number of rotatable bonds is 5. The number of aromatic nitrogens is 3. The Morgan fingerprint density at radius 3 is 2.55 bits per heavy atom. The number of hydrogen-bond acceptors (Lipinski definition) is 6. The first-order valence-electron chi connectivity index (χ1n) is 10.9. The number of ether oxygens (including phenoxy) is 1. The second-order valence-electron chi connectivity index (χ2n) is 8.30. The predicted octanol–water partition coefficient (Wildman–Crippen LogP) is 2.78. The summed E-state index contributed by atoms with van der Waals surface area (Å²) < 4.78 is 6.82. The highest BCUT2D eigenvalue weighted by Crippen LogP contribution is 2.45. The zero-order valence-electron chi connectivity index (χ0n) is 17.9. The van der Waals surface area contributed by atoms with E-state index in [1.165, 1.54) is 15.8 Å². The second kappa shape index (κ2) is 8.50. The fourth-order valence-corrected chi connectivity index (χ4v) is 4.63. The van der Waals surface area contributed by atoms with Crippen molar-refractivity contribution in [3.05, 3.63) is 72.1 Å². The molecule has 9 nitrogen and oxygen atoms in total. The molecule has 2 amide bonds. The van der Waals surface area contributed by atoms with Gasteiger partial charge >= 0.3 is 5.97 Å². The van der Waals surface area contributed by atoms with Gasteiger partial charge in [-0.1, -0.05) is 60.5 Å². The molecule has 1 aliphatic heterocycles. The third-order valence-corrected chi connectivity index (χ3v) is 6.19. The Hall–Kier alpha value is -4.01. The molecule has 0 unspecified atom stereocenters. The van der Waals surface area contributed by atoms with Gasteiger partial charge < -0.3 is 10.1 Å². The summed E-state index contributed by atoms with van der Waals surface area (Å²) in [6.45, 7) is -0.0318. The Morgan fingerprint density at radius 2 is 1.76 bits per heavy atom. The summed E-state index contributed by atoms with van der Waals surface area (Å²) in [6.07, 6.45) is 4.33. The Labute approximate surface area is 190 Å². The van der Waals surface area contributed by atoms with Crippen LogP contribution in [-0.2, 0) is 20.9 Å². The van der Waals surface area contributed by atoms with Crippen LogP contribution in [-0.4, -0.2) is 44.9 Å². The number of nitrogens with one attached hydrogen (secondary N) is 1. The lowest BCUT2D eigenvalue weighted by Gasteiger charge is -2.44. The largest absolute Gasteiger partial charge is 0.451 e. The van der Waals surface area contributed by atoms with Gasteiger partial charge in [-0.15, -0.1) is 5.10 Å². The molecule has 0 atom stereocenters. The van der Waals surface area contributed by atoms with E-state index in [2.05, 4.69) is 15.6 Å². The van der Waals surface area contributed by atoms with Crippen molar-refractivity contribution in [2.45, 2.75) is 37.8 Å². The van der Waals surface area contributed by atoms with Crippen LogP contribution in [0.2, 0.25) is 0 Å². The monoisotopic (exact) mass is 445 g/mol. The smallest absolute Gasteiger partial charge is 0.361 e. The van der Waals surface area contributed by atoms with Crippen molar-refractivity contribution in [1.82, 2.24) is 15.0 Å². The van der Waals surface area contributed by atoms with Crippen LogP contribution >= 0.6 is 0 Å². The van der Waals surface area contributed by atoms with E-state index in [1.54, 1.807) is 18.2 Å². The van der Waals surface area contributed by atoms with Crippen molar-refractivity contribution in [3.8, 4) is 0 Å². The van der Waals surface area contributed by atoms with Gasteiger partial charge in [-0.3, -0.25) is 14.5 Å². The Kier molecular flexibility index (Phi) is 5.37. The van der Waals surface area contributed by atoms with Crippen LogP contribution in [0.25, 0.3) is 0 Å². The maximum Gasteiger partial charge on any atom is 0.361 e. The van der Waals surface area contributed by atoms with Gasteiger partial charge in [-0.2, -0.15) is 0 Å². The fourth-order valence-electron chi connectivity index (χ4n) is 4.63. The molecule has 1 fully saturated rings. The highest BCUT2D eigenvalue weighted by molar-refractivity contribution is 6.15. The molecule has 0 bridgehead atoms. The Balaban J connectivity index is 1.30. The van der Waals surface area contributed by atoms with Crippen molar-refractivity contribution in [1.29, 1.82) is 0 Å². The first-order chi connectivity index (χ1) is 16.1. The zero-order chi connectivity index (χ0) is 22.8. The van der Waals surface area contributed by atoms with Gasteiger partial charge in [-0.25, -0.2) is 9.48 Å². The SMILES string of the molecule is O=C(OCC(=O)N1c2ccccc2NC(=O)C12CCCC2)c1cn(Cc2ccccc2)nn1. The van der Waals surface area contributed by atoms with Gasteiger partial charge in [0.2, 0.25) is 0 Å². The molecule has 168 valence electrons. The minimum absolute atomic E-state index is 0.0195. The highest BCUT2D eigenvalue weighted by Gasteiger charge is 2.52. The highest BCUT2D eigenvalue weighted by atomic mass is 16.5. The summed E-state index contributed by atoms with van der Waals surface area (Å²) in [4.78, 5) is 40.3. The molecule has 1 aliphatic carbocycles. The molecule has 2 aliphatic rings. The van der Waals surface area contributed by atoms with Crippen LogP contribution in [0, 0.1) is 0 Å². The van der Waals surface area contributed by atoms with Crippen LogP contribution < -0.4 is 10.2 Å². The number of para-hydroxylation sites is 2. The van der Waals surface area contributed by atoms with Crippen LogP contribution in [0.15, 0.2) is 60.8 Å². The number of benzene rings is 2. The van der Waals surface area contributed by atoms with Gasteiger partial charge in [0.1, 0.15) is 5.54 Å². The van der Waals surface area contributed by atoms with E-state index in [0.717, 1.165) is 18.4 Å². The van der Waals surface area contributed by atoms with Gasteiger partial charge in [0, 0.05) is 0 Å². The van der Waals surface area contributed by atoms with Crippen molar-refractivity contribution in [2.24, 2.45) is 0 Å². The van der Waals surface area contributed by atoms with E-state index in [9.17, 15) is 14.4 Å². The van der Waals surface area contributed by atoms with Crippen LogP contribution in [0.4, 0.5) is 11.4 Å². The summed E-state index contributed by atoms with van der Waals surface area (Å²) in [5, 5.41) is 10.8. The van der Waals surface area contributed by atoms with Gasteiger partial charge in [0.05, 0.1) is 24.1 Å². The van der Waals surface area contributed by atoms with Gasteiger partial charge in [0.25, 0.3) is 11.8 Å². The van der Waals surface area contributed by atoms with Gasteiger partial charge in [0.15, 0.2) is 12.3 Å². The summed E-state index contributed by atoms with van der Waals surface area (Å²) in [7, 11) is 0. The number of nitrogens with zero attached hydrogens (tertiary/aromatic N) is 4. The lowest BCUT2D eigenvalue weighted by molar-refractivity contribution is -0.129. The lowest BCUT2D eigenvalue weighted by atomic mass is 9.90. The first-order valence-corrected chi connectivity index (χ1v) is 10.9.